The Morgan fingerprint density at radius 2 is 1.84 bits per heavy atom. The lowest BCUT2D eigenvalue weighted by Crippen LogP contribution is -2.46. The van der Waals surface area contributed by atoms with E-state index in [9.17, 15) is 4.79 Å². The van der Waals surface area contributed by atoms with Crippen molar-refractivity contribution in [2.24, 2.45) is 34.5 Å². The number of hydrogen-bond donors (Lipinski definition) is 0. The van der Waals surface area contributed by atoms with E-state index in [0.29, 0.717) is 16.7 Å². The molecule has 2 heteroatoms. The van der Waals surface area contributed by atoms with Gasteiger partial charge in [0.1, 0.15) is 6.10 Å². The van der Waals surface area contributed by atoms with Gasteiger partial charge < -0.3 is 4.74 Å². The second-order valence-corrected chi connectivity index (χ2v) is 8.28. The normalized spacial score (nSPS) is 50.9. The number of hydrogen-bond acceptors (Lipinski definition) is 2. The number of rotatable bonds is 1. The Bertz CT molecular complexity index is 400. The van der Waals surface area contributed by atoms with Gasteiger partial charge in [-0.25, -0.2) is 0 Å². The maximum absolute atomic E-state index is 11.3. The van der Waals surface area contributed by atoms with Gasteiger partial charge >= 0.3 is 5.97 Å². The van der Waals surface area contributed by atoms with Crippen molar-refractivity contribution in [2.45, 2.75) is 66.4 Å². The Labute approximate surface area is 117 Å². The fourth-order valence-corrected chi connectivity index (χ4v) is 5.45. The molecule has 0 aromatic heterocycles. The molecule has 0 spiro atoms. The SMILES string of the molecule is CC(=O)O[C@H]1CC[C@@]2(C)C[C@H]3[C@@H](C[C@H]2[C@H]1C)C3(C)C. The van der Waals surface area contributed by atoms with E-state index in [1.807, 2.05) is 0 Å². The van der Waals surface area contributed by atoms with E-state index in [1.54, 1.807) is 6.92 Å². The Morgan fingerprint density at radius 1 is 1.16 bits per heavy atom. The van der Waals surface area contributed by atoms with E-state index in [2.05, 4.69) is 27.7 Å². The van der Waals surface area contributed by atoms with Crippen molar-refractivity contribution >= 4 is 5.97 Å². The van der Waals surface area contributed by atoms with Crippen molar-refractivity contribution < 1.29 is 9.53 Å². The molecule has 0 saturated heterocycles. The highest BCUT2D eigenvalue weighted by Crippen LogP contribution is 2.72. The van der Waals surface area contributed by atoms with Crippen LogP contribution < -0.4 is 0 Å². The van der Waals surface area contributed by atoms with Gasteiger partial charge in [0.25, 0.3) is 0 Å². The highest BCUT2D eigenvalue weighted by Gasteiger charge is 2.65. The number of fused-ring (bicyclic) bond motifs is 2. The van der Waals surface area contributed by atoms with Crippen molar-refractivity contribution in [1.82, 2.24) is 0 Å². The molecular weight excluding hydrogens is 236 g/mol. The second kappa shape index (κ2) is 3.99. The molecule has 0 radical (unpaired) electrons. The van der Waals surface area contributed by atoms with E-state index in [0.717, 1.165) is 24.2 Å². The van der Waals surface area contributed by atoms with Crippen LogP contribution in [0.1, 0.15) is 60.3 Å². The van der Waals surface area contributed by atoms with Crippen molar-refractivity contribution in [3.63, 3.8) is 0 Å². The fraction of sp³-hybridized carbons (Fsp3) is 0.941. The molecule has 0 aromatic rings. The van der Waals surface area contributed by atoms with Crippen molar-refractivity contribution in [2.75, 3.05) is 0 Å². The third-order valence-electron chi connectivity index (χ3n) is 6.92. The second-order valence-electron chi connectivity index (χ2n) is 8.28. The summed E-state index contributed by atoms with van der Waals surface area (Å²) in [7, 11) is 0. The Kier molecular flexibility index (Phi) is 2.82. The average Bonchev–Trinajstić information content (AvgIpc) is 2.82. The van der Waals surface area contributed by atoms with Gasteiger partial charge in [0.15, 0.2) is 0 Å². The quantitative estimate of drug-likeness (QED) is 0.668. The van der Waals surface area contributed by atoms with E-state index in [4.69, 9.17) is 4.74 Å². The summed E-state index contributed by atoms with van der Waals surface area (Å²) in [6, 6.07) is 0. The van der Waals surface area contributed by atoms with Crippen LogP contribution in [-0.2, 0) is 9.53 Å². The van der Waals surface area contributed by atoms with Crippen LogP contribution in [0, 0.1) is 34.5 Å². The molecule has 2 nitrogen and oxygen atoms in total. The third kappa shape index (κ3) is 1.94. The van der Waals surface area contributed by atoms with Crippen molar-refractivity contribution in [3.8, 4) is 0 Å². The van der Waals surface area contributed by atoms with Crippen LogP contribution in [-0.4, -0.2) is 12.1 Å². The first kappa shape index (κ1) is 13.5. The smallest absolute Gasteiger partial charge is 0.302 e. The molecular formula is C17H28O2. The van der Waals surface area contributed by atoms with Crippen LogP contribution in [0.15, 0.2) is 0 Å². The van der Waals surface area contributed by atoms with Gasteiger partial charge in [-0.1, -0.05) is 27.7 Å². The number of esters is 1. The van der Waals surface area contributed by atoms with Crippen LogP contribution in [0.2, 0.25) is 0 Å². The zero-order chi connectivity index (χ0) is 14.0. The summed E-state index contributed by atoms with van der Waals surface area (Å²) in [4.78, 5) is 11.3. The molecule has 0 bridgehead atoms. The van der Waals surface area contributed by atoms with Gasteiger partial charge in [0.2, 0.25) is 0 Å². The summed E-state index contributed by atoms with van der Waals surface area (Å²) < 4.78 is 5.56. The Morgan fingerprint density at radius 3 is 2.47 bits per heavy atom. The predicted molar refractivity (Wildman–Crippen MR) is 75.5 cm³/mol. The van der Waals surface area contributed by atoms with Crippen LogP contribution >= 0.6 is 0 Å². The van der Waals surface area contributed by atoms with Crippen LogP contribution in [0.3, 0.4) is 0 Å². The molecule has 0 aromatic carbocycles. The van der Waals surface area contributed by atoms with Gasteiger partial charge in [0, 0.05) is 6.92 Å². The first-order valence-corrected chi connectivity index (χ1v) is 7.93. The lowest BCUT2D eigenvalue weighted by Gasteiger charge is -2.50. The molecule has 0 amide bonds. The first-order valence-electron chi connectivity index (χ1n) is 7.93. The summed E-state index contributed by atoms with van der Waals surface area (Å²) in [5.74, 6) is 3.03. The van der Waals surface area contributed by atoms with Gasteiger partial charge in [-0.2, -0.15) is 0 Å². The molecule has 0 unspecified atom stereocenters. The lowest BCUT2D eigenvalue weighted by atomic mass is 9.56. The van der Waals surface area contributed by atoms with Gasteiger partial charge in [-0.05, 0) is 60.2 Å². The zero-order valence-corrected chi connectivity index (χ0v) is 13.0. The maximum Gasteiger partial charge on any atom is 0.302 e. The molecule has 3 saturated carbocycles. The van der Waals surface area contributed by atoms with Crippen molar-refractivity contribution in [1.29, 1.82) is 0 Å². The topological polar surface area (TPSA) is 26.3 Å². The summed E-state index contributed by atoms with van der Waals surface area (Å²) in [6.07, 6.45) is 5.21. The zero-order valence-electron chi connectivity index (χ0n) is 13.0. The van der Waals surface area contributed by atoms with Gasteiger partial charge in [-0.15, -0.1) is 0 Å². The number of ether oxygens (including phenoxy) is 1. The van der Waals surface area contributed by atoms with E-state index in [-0.39, 0.29) is 12.1 Å². The number of carbonyl (C=O) groups is 1. The molecule has 3 fully saturated rings. The highest BCUT2D eigenvalue weighted by molar-refractivity contribution is 5.66. The molecule has 3 rings (SSSR count). The highest BCUT2D eigenvalue weighted by atomic mass is 16.5. The van der Waals surface area contributed by atoms with E-state index in [1.165, 1.54) is 19.3 Å². The van der Waals surface area contributed by atoms with Crippen LogP contribution in [0.5, 0.6) is 0 Å². The number of carbonyl (C=O) groups excluding carboxylic acids is 1. The summed E-state index contributed by atoms with van der Waals surface area (Å²) in [5.41, 5.74) is 1.06. The minimum absolute atomic E-state index is 0.110. The summed E-state index contributed by atoms with van der Waals surface area (Å²) in [5, 5.41) is 0. The summed E-state index contributed by atoms with van der Waals surface area (Å²) in [6.45, 7) is 11.2. The lowest BCUT2D eigenvalue weighted by molar-refractivity contribution is -0.157. The Balaban J connectivity index is 1.78. The fourth-order valence-electron chi connectivity index (χ4n) is 5.45. The molecule has 19 heavy (non-hydrogen) atoms. The maximum atomic E-state index is 11.3. The van der Waals surface area contributed by atoms with E-state index < -0.39 is 0 Å². The minimum Gasteiger partial charge on any atom is -0.462 e. The van der Waals surface area contributed by atoms with Crippen molar-refractivity contribution in [3.05, 3.63) is 0 Å². The van der Waals surface area contributed by atoms with Crippen LogP contribution in [0.4, 0.5) is 0 Å². The largest absolute Gasteiger partial charge is 0.462 e. The van der Waals surface area contributed by atoms with E-state index >= 15 is 0 Å². The molecule has 0 heterocycles. The predicted octanol–water partition coefficient (Wildman–Crippen LogP) is 4.04. The standard InChI is InChI=1S/C17H28O2/c1-10-12-8-13-14(16(13,3)4)9-17(12,5)7-6-15(10)19-11(2)18/h10,12-15H,6-9H2,1-5H3/t10-,12+,13-,14+,15+,17+/m1/s1. The molecule has 108 valence electrons. The average molecular weight is 264 g/mol. The molecule has 3 aliphatic carbocycles. The minimum atomic E-state index is -0.110. The summed E-state index contributed by atoms with van der Waals surface area (Å²) >= 11 is 0. The van der Waals surface area contributed by atoms with Gasteiger partial charge in [-0.3, -0.25) is 4.79 Å². The first-order chi connectivity index (χ1) is 8.75. The third-order valence-corrected chi connectivity index (χ3v) is 6.92. The molecule has 0 N–H and O–H groups in total. The Hall–Kier alpha value is -0.530. The monoisotopic (exact) mass is 264 g/mol. The molecule has 6 atom stereocenters. The van der Waals surface area contributed by atoms with Crippen LogP contribution in [0.25, 0.3) is 0 Å². The molecule has 0 aliphatic heterocycles. The molecule has 3 aliphatic rings. The van der Waals surface area contributed by atoms with Gasteiger partial charge in [0.05, 0.1) is 0 Å².